The Bertz CT molecular complexity index is 664. The second-order valence-electron chi connectivity index (χ2n) is 5.69. The van der Waals surface area contributed by atoms with Crippen LogP contribution >= 0.6 is 0 Å². The van der Waals surface area contributed by atoms with Crippen LogP contribution < -0.4 is 5.32 Å². The molecule has 2 aliphatic rings. The molecular weight excluding hydrogens is 282 g/mol. The van der Waals surface area contributed by atoms with E-state index in [1.54, 1.807) is 24.3 Å². The lowest BCUT2D eigenvalue weighted by atomic mass is 10.00. The largest absolute Gasteiger partial charge is 0.336 e. The van der Waals surface area contributed by atoms with Crippen LogP contribution in [-0.2, 0) is 4.79 Å². The molecule has 1 N–H and O–H groups in total. The molecule has 0 bridgehead atoms. The van der Waals surface area contributed by atoms with Crippen molar-refractivity contribution in [1.82, 2.24) is 10.2 Å². The normalized spacial score (nSPS) is 19.0. The van der Waals surface area contributed by atoms with Gasteiger partial charge in [0.1, 0.15) is 12.1 Å². The monoisotopic (exact) mass is 297 g/mol. The van der Waals surface area contributed by atoms with Crippen molar-refractivity contribution in [2.75, 3.05) is 6.54 Å². The molecule has 6 heteroatoms. The van der Waals surface area contributed by atoms with Crippen LogP contribution in [0.2, 0.25) is 0 Å². The van der Waals surface area contributed by atoms with Crippen LogP contribution in [0.4, 0.5) is 0 Å². The maximum atomic E-state index is 12.2. The molecule has 1 heterocycles. The summed E-state index contributed by atoms with van der Waals surface area (Å²) in [6.45, 7) is -0.351. The zero-order chi connectivity index (χ0) is 15.7. The van der Waals surface area contributed by atoms with Gasteiger partial charge in [0.2, 0.25) is 5.91 Å². The molecule has 1 aromatic carbocycles. The number of hydrogen-bond donors (Lipinski definition) is 1. The van der Waals surface area contributed by atoms with Gasteiger partial charge in [-0.25, -0.2) is 0 Å². The van der Waals surface area contributed by atoms with E-state index in [4.69, 9.17) is 0 Å². The molecule has 6 nitrogen and oxygen atoms in total. The van der Waals surface area contributed by atoms with Crippen molar-refractivity contribution in [3.63, 3.8) is 0 Å². The van der Waals surface area contributed by atoms with Gasteiger partial charge in [0, 0.05) is 0 Å². The Morgan fingerprint density at radius 1 is 1.18 bits per heavy atom. The highest BCUT2D eigenvalue weighted by atomic mass is 16.2. The minimum atomic E-state index is -0.851. The van der Waals surface area contributed by atoms with Gasteiger partial charge >= 0.3 is 0 Å². The summed E-state index contributed by atoms with van der Waals surface area (Å²) in [6.07, 6.45) is 3.00. The van der Waals surface area contributed by atoms with Gasteiger partial charge in [-0.1, -0.05) is 12.1 Å². The van der Waals surface area contributed by atoms with Crippen molar-refractivity contribution in [3.8, 4) is 6.07 Å². The van der Waals surface area contributed by atoms with Crippen molar-refractivity contribution in [2.45, 2.75) is 31.2 Å². The first-order valence-electron chi connectivity index (χ1n) is 7.24. The fourth-order valence-corrected chi connectivity index (χ4v) is 3.08. The maximum Gasteiger partial charge on any atom is 0.262 e. The average molecular weight is 297 g/mol. The molecule has 0 aromatic heterocycles. The van der Waals surface area contributed by atoms with E-state index in [9.17, 15) is 19.6 Å². The molecule has 1 saturated carbocycles. The lowest BCUT2D eigenvalue weighted by Crippen LogP contribution is -2.49. The van der Waals surface area contributed by atoms with E-state index in [-0.39, 0.29) is 6.54 Å². The maximum absolute atomic E-state index is 12.2. The lowest BCUT2D eigenvalue weighted by molar-refractivity contribution is -0.122. The van der Waals surface area contributed by atoms with Crippen molar-refractivity contribution in [3.05, 3.63) is 35.4 Å². The van der Waals surface area contributed by atoms with Gasteiger partial charge in [0.15, 0.2) is 0 Å². The number of fused-ring (bicyclic) bond motifs is 1. The molecule has 22 heavy (non-hydrogen) atoms. The third-order valence-corrected chi connectivity index (χ3v) is 4.23. The van der Waals surface area contributed by atoms with Crippen LogP contribution in [0.15, 0.2) is 24.3 Å². The average Bonchev–Trinajstić information content (AvgIpc) is 3.08. The van der Waals surface area contributed by atoms with Crippen LogP contribution in [0.25, 0.3) is 0 Å². The van der Waals surface area contributed by atoms with Gasteiger partial charge in [-0.15, -0.1) is 0 Å². The standard InChI is InChI=1S/C16H15N3O3/c17-10-16(7-3-4-8-16)18-13(20)9-19-14(21)11-5-1-2-6-12(11)15(19)22/h1-2,5-6H,3-4,7-9H2,(H,18,20). The number of carbonyl (C=O) groups excluding carboxylic acids is 3. The van der Waals surface area contributed by atoms with Gasteiger partial charge in [0.05, 0.1) is 17.2 Å². The van der Waals surface area contributed by atoms with E-state index in [1.165, 1.54) is 0 Å². The Labute approximate surface area is 127 Å². The molecule has 3 amide bonds. The van der Waals surface area contributed by atoms with Crippen molar-refractivity contribution in [1.29, 1.82) is 5.26 Å². The third-order valence-electron chi connectivity index (χ3n) is 4.23. The second kappa shape index (κ2) is 5.26. The molecule has 0 unspecified atom stereocenters. The number of benzene rings is 1. The van der Waals surface area contributed by atoms with E-state index < -0.39 is 23.3 Å². The highest BCUT2D eigenvalue weighted by Crippen LogP contribution is 2.29. The second-order valence-corrected chi connectivity index (χ2v) is 5.69. The number of rotatable bonds is 3. The van der Waals surface area contributed by atoms with Gasteiger partial charge in [-0.3, -0.25) is 19.3 Å². The molecule has 1 aromatic rings. The topological polar surface area (TPSA) is 90.3 Å². The number of carbonyl (C=O) groups is 3. The number of imide groups is 1. The van der Waals surface area contributed by atoms with E-state index >= 15 is 0 Å². The third kappa shape index (κ3) is 2.25. The number of hydrogen-bond acceptors (Lipinski definition) is 4. The zero-order valence-corrected chi connectivity index (χ0v) is 12.0. The Morgan fingerprint density at radius 3 is 2.23 bits per heavy atom. The summed E-state index contributed by atoms with van der Waals surface area (Å²) in [7, 11) is 0. The summed E-state index contributed by atoms with van der Waals surface area (Å²) in [6, 6.07) is 8.65. The molecule has 0 saturated heterocycles. The fourth-order valence-electron chi connectivity index (χ4n) is 3.08. The van der Waals surface area contributed by atoms with Gasteiger partial charge in [0.25, 0.3) is 11.8 Å². The molecule has 1 aliphatic carbocycles. The van der Waals surface area contributed by atoms with Gasteiger partial charge < -0.3 is 5.32 Å². The number of nitriles is 1. The first-order chi connectivity index (χ1) is 10.6. The number of amides is 3. The molecule has 1 fully saturated rings. The van der Waals surface area contributed by atoms with Crippen LogP contribution in [0.5, 0.6) is 0 Å². The van der Waals surface area contributed by atoms with Crippen LogP contribution in [0.1, 0.15) is 46.4 Å². The first-order valence-corrected chi connectivity index (χ1v) is 7.24. The van der Waals surface area contributed by atoms with Crippen molar-refractivity contribution >= 4 is 17.7 Å². The highest BCUT2D eigenvalue weighted by molar-refractivity contribution is 6.22. The fraction of sp³-hybridized carbons (Fsp3) is 0.375. The Morgan fingerprint density at radius 2 is 1.73 bits per heavy atom. The lowest BCUT2D eigenvalue weighted by Gasteiger charge is -2.23. The predicted molar refractivity (Wildman–Crippen MR) is 76.8 cm³/mol. The highest BCUT2D eigenvalue weighted by Gasteiger charge is 2.39. The van der Waals surface area contributed by atoms with E-state index in [2.05, 4.69) is 11.4 Å². The Hall–Kier alpha value is -2.68. The molecule has 3 rings (SSSR count). The predicted octanol–water partition coefficient (Wildman–Crippen LogP) is 1.24. The summed E-state index contributed by atoms with van der Waals surface area (Å²) < 4.78 is 0. The molecule has 1 aliphatic heterocycles. The van der Waals surface area contributed by atoms with E-state index in [0.29, 0.717) is 24.0 Å². The molecule has 0 atom stereocenters. The summed E-state index contributed by atoms with van der Waals surface area (Å²) in [4.78, 5) is 37.5. The molecular formula is C16H15N3O3. The smallest absolute Gasteiger partial charge is 0.262 e. The van der Waals surface area contributed by atoms with Crippen LogP contribution in [0.3, 0.4) is 0 Å². The first kappa shape index (κ1) is 14.3. The summed E-state index contributed by atoms with van der Waals surface area (Å²) in [5.41, 5.74) is -0.220. The number of nitrogens with one attached hydrogen (secondary N) is 1. The van der Waals surface area contributed by atoms with Crippen molar-refractivity contribution < 1.29 is 14.4 Å². The van der Waals surface area contributed by atoms with Crippen LogP contribution in [-0.4, -0.2) is 34.7 Å². The summed E-state index contributed by atoms with van der Waals surface area (Å²) >= 11 is 0. The number of nitrogens with zero attached hydrogens (tertiary/aromatic N) is 2. The summed E-state index contributed by atoms with van der Waals surface area (Å²) in [5, 5.41) is 12.0. The SMILES string of the molecule is N#CC1(NC(=O)CN2C(=O)c3ccccc3C2=O)CCCC1. The molecule has 112 valence electrons. The molecule has 0 radical (unpaired) electrons. The minimum Gasteiger partial charge on any atom is -0.336 e. The Kier molecular flexibility index (Phi) is 3.41. The summed E-state index contributed by atoms with van der Waals surface area (Å²) in [5.74, 6) is -1.40. The molecule has 0 spiro atoms. The van der Waals surface area contributed by atoms with Crippen LogP contribution in [0, 0.1) is 11.3 Å². The Balaban J connectivity index is 1.72. The van der Waals surface area contributed by atoms with E-state index in [1.807, 2.05) is 0 Å². The van der Waals surface area contributed by atoms with Gasteiger partial charge in [-0.2, -0.15) is 5.26 Å². The van der Waals surface area contributed by atoms with Gasteiger partial charge in [-0.05, 0) is 37.8 Å². The van der Waals surface area contributed by atoms with E-state index in [0.717, 1.165) is 17.7 Å². The zero-order valence-electron chi connectivity index (χ0n) is 12.0. The quantitative estimate of drug-likeness (QED) is 0.850. The minimum absolute atomic E-state index is 0.316. The van der Waals surface area contributed by atoms with Crippen molar-refractivity contribution in [2.24, 2.45) is 0 Å².